The first kappa shape index (κ1) is 26.9. The van der Waals surface area contributed by atoms with Gasteiger partial charge in [-0.15, -0.1) is 5.10 Å². The third-order valence-electron chi connectivity index (χ3n) is 7.06. The second-order valence-corrected chi connectivity index (χ2v) is 9.45. The first-order valence-electron chi connectivity index (χ1n) is 12.4. The van der Waals surface area contributed by atoms with Gasteiger partial charge in [-0.05, 0) is 47.7 Å². The monoisotopic (exact) mass is 555 g/mol. The van der Waals surface area contributed by atoms with E-state index in [0.717, 1.165) is 12.1 Å². The number of tetrazole rings is 1. The van der Waals surface area contributed by atoms with Crippen LogP contribution in [0.5, 0.6) is 0 Å². The molecule has 3 aromatic rings. The molecule has 2 atom stereocenters. The van der Waals surface area contributed by atoms with Crippen molar-refractivity contribution in [3.8, 4) is 5.69 Å². The Kier molecular flexibility index (Phi) is 7.30. The molecular formula is C25H27F2N9O4. The zero-order valence-electron chi connectivity index (χ0n) is 21.7. The zero-order valence-corrected chi connectivity index (χ0v) is 21.7. The molecule has 2 aliphatic heterocycles. The summed E-state index contributed by atoms with van der Waals surface area (Å²) in [6.45, 7) is 3.46. The van der Waals surface area contributed by atoms with Crippen LogP contribution in [-0.4, -0.2) is 85.5 Å². The van der Waals surface area contributed by atoms with Crippen molar-refractivity contribution in [2.24, 2.45) is 5.10 Å². The van der Waals surface area contributed by atoms with Gasteiger partial charge in [-0.2, -0.15) is 5.10 Å². The molecule has 13 nitrogen and oxygen atoms in total. The van der Waals surface area contributed by atoms with Gasteiger partial charge in [-0.25, -0.2) is 18.3 Å². The second kappa shape index (κ2) is 10.8. The fourth-order valence-corrected chi connectivity index (χ4v) is 4.84. The molecule has 0 spiro atoms. The third-order valence-corrected chi connectivity index (χ3v) is 7.06. The van der Waals surface area contributed by atoms with Crippen LogP contribution in [0.1, 0.15) is 25.8 Å². The predicted molar refractivity (Wildman–Crippen MR) is 137 cm³/mol. The van der Waals surface area contributed by atoms with E-state index < -0.39 is 35.3 Å². The molecule has 5 rings (SSSR count). The van der Waals surface area contributed by atoms with E-state index >= 15 is 4.39 Å². The molecule has 0 aliphatic carbocycles. The van der Waals surface area contributed by atoms with Crippen molar-refractivity contribution in [3.05, 3.63) is 66.0 Å². The number of halogens is 2. The number of benzene rings is 2. The summed E-state index contributed by atoms with van der Waals surface area (Å²) in [5.74, 6) is -2.00. The topological polar surface area (TPSA) is 141 Å². The Morgan fingerprint density at radius 2 is 1.93 bits per heavy atom. The lowest BCUT2D eigenvalue weighted by Crippen LogP contribution is -2.53. The minimum Gasteiger partial charge on any atom is -0.444 e. The van der Waals surface area contributed by atoms with E-state index in [1.54, 1.807) is 41.0 Å². The number of anilines is 1. The zero-order chi connectivity index (χ0) is 28.4. The number of urea groups is 1. The average Bonchev–Trinajstić information content (AvgIpc) is 3.69. The molecule has 0 unspecified atom stereocenters. The molecule has 0 saturated carbocycles. The summed E-state index contributed by atoms with van der Waals surface area (Å²) < 4.78 is 35.5. The third kappa shape index (κ3) is 5.14. The number of rotatable bonds is 9. The number of aromatic nitrogens is 4. The van der Waals surface area contributed by atoms with Gasteiger partial charge in [0.05, 0.1) is 11.7 Å². The summed E-state index contributed by atoms with van der Waals surface area (Å²) in [4.78, 5) is 29.5. The molecule has 2 N–H and O–H groups in total. The summed E-state index contributed by atoms with van der Waals surface area (Å²) in [6, 6.07) is 8.55. The van der Waals surface area contributed by atoms with Gasteiger partial charge in [0.25, 0.3) is 0 Å². The highest BCUT2D eigenvalue weighted by Crippen LogP contribution is 2.37. The van der Waals surface area contributed by atoms with E-state index in [-0.39, 0.29) is 37.8 Å². The predicted octanol–water partition coefficient (Wildman–Crippen LogP) is 1.55. The number of hydrazone groups is 1. The number of carbonyl (C=O) groups is 2. The molecular weight excluding hydrogens is 528 g/mol. The highest BCUT2D eigenvalue weighted by atomic mass is 19.1. The number of amidine groups is 1. The molecule has 1 saturated heterocycles. The summed E-state index contributed by atoms with van der Waals surface area (Å²) >= 11 is 0. The van der Waals surface area contributed by atoms with E-state index in [4.69, 9.17) is 4.74 Å². The Labute approximate surface area is 227 Å². The quantitative estimate of drug-likeness (QED) is 0.376. The minimum absolute atomic E-state index is 0.144. The summed E-state index contributed by atoms with van der Waals surface area (Å²) in [5, 5.41) is 27.4. The lowest BCUT2D eigenvalue weighted by molar-refractivity contribution is -0.144. The summed E-state index contributed by atoms with van der Waals surface area (Å²) in [6.07, 6.45) is 1.20. The molecule has 1 aromatic heterocycles. The molecule has 2 amide bonds. The second-order valence-electron chi connectivity index (χ2n) is 9.45. The number of aliphatic hydroxyl groups is 1. The number of nitrogens with zero attached hydrogens (tertiary/aromatic N) is 8. The number of ether oxygens (including phenoxy) is 1. The van der Waals surface area contributed by atoms with Gasteiger partial charge in [-0.3, -0.25) is 15.1 Å². The van der Waals surface area contributed by atoms with Gasteiger partial charge in [0.15, 0.2) is 6.73 Å². The van der Waals surface area contributed by atoms with Gasteiger partial charge in [-0.1, -0.05) is 6.07 Å². The van der Waals surface area contributed by atoms with Crippen LogP contribution in [0.4, 0.5) is 19.3 Å². The summed E-state index contributed by atoms with van der Waals surface area (Å²) in [7, 11) is 0. The fraction of sp³-hybridized carbons (Fsp3) is 0.360. The van der Waals surface area contributed by atoms with Crippen molar-refractivity contribution in [3.63, 3.8) is 0 Å². The van der Waals surface area contributed by atoms with Crippen LogP contribution in [-0.2, 0) is 15.1 Å². The molecule has 40 heavy (non-hydrogen) atoms. The van der Waals surface area contributed by atoms with Crippen LogP contribution in [0.25, 0.3) is 5.69 Å². The lowest BCUT2D eigenvalue weighted by atomic mass is 9.82. The van der Waals surface area contributed by atoms with Gasteiger partial charge in [0.2, 0.25) is 0 Å². The molecule has 2 aliphatic rings. The largest absolute Gasteiger partial charge is 0.444 e. The number of hydrogen-bond acceptors (Lipinski definition) is 10. The Morgan fingerprint density at radius 3 is 2.60 bits per heavy atom. The normalized spacial score (nSPS) is 17.5. The van der Waals surface area contributed by atoms with Crippen molar-refractivity contribution in [2.75, 3.05) is 31.4 Å². The van der Waals surface area contributed by atoms with Crippen molar-refractivity contribution in [2.45, 2.75) is 31.9 Å². The van der Waals surface area contributed by atoms with Crippen molar-refractivity contribution < 1.29 is 28.2 Å². The van der Waals surface area contributed by atoms with Crippen molar-refractivity contribution in [1.29, 1.82) is 0 Å². The van der Waals surface area contributed by atoms with Gasteiger partial charge in [0.1, 0.15) is 36.1 Å². The Hall–Kier alpha value is -4.66. The number of nitrogens with one attached hydrogen (secondary N) is 1. The summed E-state index contributed by atoms with van der Waals surface area (Å²) in [5.41, 5.74) is 1.86. The van der Waals surface area contributed by atoms with Crippen molar-refractivity contribution >= 4 is 23.5 Å². The maximum atomic E-state index is 15.1. The van der Waals surface area contributed by atoms with Crippen LogP contribution in [0, 0.1) is 11.6 Å². The Bertz CT molecular complexity index is 1420. The molecule has 15 heteroatoms. The van der Waals surface area contributed by atoms with Gasteiger partial charge < -0.3 is 19.6 Å². The van der Waals surface area contributed by atoms with Crippen LogP contribution in [0.15, 0.2) is 53.9 Å². The highest BCUT2D eigenvalue weighted by molar-refractivity contribution is 5.94. The van der Waals surface area contributed by atoms with Gasteiger partial charge in [0, 0.05) is 43.8 Å². The molecule has 2 aromatic carbocycles. The Balaban J connectivity index is 1.41. The first-order chi connectivity index (χ1) is 19.2. The first-order valence-corrected chi connectivity index (χ1v) is 12.4. The standard InChI is InChI=1S/C25H27F2N9O4/c1-16(34-9-10-35(24(34)38)19-4-6-20(7-5-19)36-14-29-31-32-36)25(39,21-8-3-18(26)11-22(21)27)12-23-30-28-13-33(23)15-40-17(2)37/h3-8,11,14,16,28,39H,9-10,12-13,15H2,1-2H3/t16-,25+/m1/s1. The maximum absolute atomic E-state index is 15.1. The molecule has 0 radical (unpaired) electrons. The van der Waals surface area contributed by atoms with E-state index in [0.29, 0.717) is 24.0 Å². The van der Waals surface area contributed by atoms with Crippen LogP contribution < -0.4 is 10.3 Å². The van der Waals surface area contributed by atoms with Crippen LogP contribution in [0.3, 0.4) is 0 Å². The van der Waals surface area contributed by atoms with Crippen LogP contribution >= 0.6 is 0 Å². The number of amides is 2. The van der Waals surface area contributed by atoms with E-state index in [1.807, 2.05) is 0 Å². The highest BCUT2D eigenvalue weighted by Gasteiger charge is 2.47. The molecule has 0 bridgehead atoms. The maximum Gasteiger partial charge on any atom is 0.324 e. The smallest absolute Gasteiger partial charge is 0.324 e. The minimum atomic E-state index is -2.02. The average molecular weight is 556 g/mol. The fourth-order valence-electron chi connectivity index (χ4n) is 4.84. The molecule has 210 valence electrons. The SMILES string of the molecule is CC(=O)OCN1CNN=C1C[C@@](O)(c1ccc(F)cc1F)[C@@H](C)N1CCN(c2ccc(-n3cnnn3)cc2)C1=O. The van der Waals surface area contributed by atoms with Gasteiger partial charge >= 0.3 is 12.0 Å². The number of carbonyl (C=O) groups excluding carboxylic acids is 2. The van der Waals surface area contributed by atoms with E-state index in [2.05, 4.69) is 26.1 Å². The Morgan fingerprint density at radius 1 is 1.18 bits per heavy atom. The van der Waals surface area contributed by atoms with Crippen molar-refractivity contribution in [1.82, 2.24) is 35.4 Å². The van der Waals surface area contributed by atoms with E-state index in [1.165, 1.54) is 22.8 Å². The van der Waals surface area contributed by atoms with E-state index in [9.17, 15) is 19.1 Å². The number of hydrogen-bond donors (Lipinski definition) is 2. The molecule has 3 heterocycles. The van der Waals surface area contributed by atoms with Crippen LogP contribution in [0.2, 0.25) is 0 Å². The molecule has 1 fully saturated rings. The number of esters is 1. The lowest BCUT2D eigenvalue weighted by Gasteiger charge is -2.40.